The number of nitrogen functional groups attached to an aromatic ring is 1. The molecule has 14 heteroatoms. The van der Waals surface area contributed by atoms with Gasteiger partial charge in [-0.2, -0.15) is 9.97 Å². The Morgan fingerprint density at radius 1 is 1.30 bits per heavy atom. The number of anilines is 1. The van der Waals surface area contributed by atoms with Crippen molar-refractivity contribution >= 4 is 40.5 Å². The molecule has 146 valence electrons. The topological polar surface area (TPSA) is 203 Å². The zero-order valence-electron chi connectivity index (χ0n) is 13.3. The van der Waals surface area contributed by atoms with Gasteiger partial charge in [0.05, 0.1) is 12.9 Å². The molecular formula is C13H14ClN5O8. The third kappa shape index (κ3) is 3.50. The first-order valence-electron chi connectivity index (χ1n) is 7.45. The molecule has 0 saturated carbocycles. The number of hydrogen-bond donors (Lipinski definition) is 5. The van der Waals surface area contributed by atoms with Gasteiger partial charge in [-0.05, 0) is 11.6 Å². The Labute approximate surface area is 154 Å². The van der Waals surface area contributed by atoms with E-state index < -0.39 is 49.2 Å². The molecule has 4 atom stereocenters. The van der Waals surface area contributed by atoms with Gasteiger partial charge in [0, 0.05) is 0 Å². The number of aliphatic carboxylic acids is 2. The van der Waals surface area contributed by atoms with Crippen LogP contribution < -0.4 is 5.73 Å². The second-order valence-electron chi connectivity index (χ2n) is 5.64. The highest BCUT2D eigenvalue weighted by Gasteiger charge is 2.45. The second-order valence-corrected chi connectivity index (χ2v) is 5.98. The van der Waals surface area contributed by atoms with Crippen molar-refractivity contribution in [2.45, 2.75) is 30.6 Å². The third-order valence-corrected chi connectivity index (χ3v) is 4.08. The molecular weight excluding hydrogens is 390 g/mol. The Morgan fingerprint density at radius 2 is 1.96 bits per heavy atom. The van der Waals surface area contributed by atoms with Gasteiger partial charge >= 0.3 is 11.9 Å². The predicted molar refractivity (Wildman–Crippen MR) is 85.7 cm³/mol. The highest BCUT2D eigenvalue weighted by atomic mass is 35.5. The Morgan fingerprint density at radius 3 is 2.59 bits per heavy atom. The molecule has 27 heavy (non-hydrogen) atoms. The quantitative estimate of drug-likeness (QED) is 0.268. The van der Waals surface area contributed by atoms with Crippen LogP contribution in [-0.2, 0) is 19.1 Å². The minimum absolute atomic E-state index is 0.00225. The van der Waals surface area contributed by atoms with E-state index in [4.69, 9.17) is 37.0 Å². The summed E-state index contributed by atoms with van der Waals surface area (Å²) in [4.78, 5) is 33.4. The van der Waals surface area contributed by atoms with E-state index in [9.17, 15) is 19.8 Å². The highest BCUT2D eigenvalue weighted by molar-refractivity contribution is 6.28. The van der Waals surface area contributed by atoms with Crippen molar-refractivity contribution in [2.75, 3.05) is 12.3 Å². The SMILES string of the molecule is Nc1nc(Cl)nc2c1ncn2C1OC(COC(C(=O)O)C(=O)O)C(O)C1O. The van der Waals surface area contributed by atoms with Crippen LogP contribution in [0.1, 0.15) is 6.23 Å². The number of aliphatic hydroxyl groups is 2. The Kier molecular flexibility index (Phi) is 5.12. The molecule has 0 radical (unpaired) electrons. The molecule has 6 N–H and O–H groups in total. The Balaban J connectivity index is 1.81. The molecule has 0 spiro atoms. The molecule has 0 amide bonds. The molecule has 0 bridgehead atoms. The van der Waals surface area contributed by atoms with E-state index in [1.807, 2.05) is 0 Å². The molecule has 2 aromatic rings. The number of rotatable bonds is 6. The van der Waals surface area contributed by atoms with Gasteiger partial charge in [-0.3, -0.25) is 4.57 Å². The molecule has 0 aliphatic carbocycles. The lowest BCUT2D eigenvalue weighted by atomic mass is 10.1. The maximum atomic E-state index is 10.8. The number of nitrogens with two attached hydrogens (primary N) is 1. The molecule has 1 saturated heterocycles. The number of carboxylic acid groups (broad SMARTS) is 2. The number of carbonyl (C=O) groups is 2. The summed E-state index contributed by atoms with van der Waals surface area (Å²) in [7, 11) is 0. The van der Waals surface area contributed by atoms with Gasteiger partial charge in [-0.1, -0.05) is 0 Å². The first-order chi connectivity index (χ1) is 12.7. The summed E-state index contributed by atoms with van der Waals surface area (Å²) in [5.74, 6) is -3.42. The summed E-state index contributed by atoms with van der Waals surface area (Å²) < 4.78 is 11.5. The number of carboxylic acids is 2. The van der Waals surface area contributed by atoms with Crippen molar-refractivity contribution in [3.8, 4) is 0 Å². The van der Waals surface area contributed by atoms with E-state index in [0.29, 0.717) is 0 Å². The maximum Gasteiger partial charge on any atom is 0.344 e. The van der Waals surface area contributed by atoms with Crippen molar-refractivity contribution in [2.24, 2.45) is 0 Å². The van der Waals surface area contributed by atoms with Crippen LogP contribution in [0, 0.1) is 0 Å². The molecule has 1 aliphatic rings. The van der Waals surface area contributed by atoms with Crippen LogP contribution in [0.5, 0.6) is 0 Å². The van der Waals surface area contributed by atoms with E-state index in [-0.39, 0.29) is 22.3 Å². The summed E-state index contributed by atoms with van der Waals surface area (Å²) in [6.45, 7) is -0.595. The summed E-state index contributed by atoms with van der Waals surface area (Å²) in [5, 5.41) is 37.8. The van der Waals surface area contributed by atoms with Crippen LogP contribution in [0.4, 0.5) is 5.82 Å². The van der Waals surface area contributed by atoms with Crippen molar-refractivity contribution in [3.05, 3.63) is 11.6 Å². The smallest absolute Gasteiger partial charge is 0.344 e. The first-order valence-corrected chi connectivity index (χ1v) is 7.83. The molecule has 3 heterocycles. The monoisotopic (exact) mass is 403 g/mol. The predicted octanol–water partition coefficient (Wildman–Crippen LogP) is -1.76. The molecule has 0 aromatic carbocycles. The molecule has 2 aromatic heterocycles. The lowest BCUT2D eigenvalue weighted by molar-refractivity contribution is -0.170. The Hall–Kier alpha value is -2.58. The largest absolute Gasteiger partial charge is 0.479 e. The molecule has 3 rings (SSSR count). The van der Waals surface area contributed by atoms with E-state index in [1.54, 1.807) is 0 Å². The van der Waals surface area contributed by atoms with Crippen molar-refractivity contribution in [1.82, 2.24) is 19.5 Å². The molecule has 1 fully saturated rings. The fourth-order valence-electron chi connectivity index (χ4n) is 2.63. The van der Waals surface area contributed by atoms with Gasteiger partial charge in [0.25, 0.3) is 6.10 Å². The fourth-order valence-corrected chi connectivity index (χ4v) is 2.80. The lowest BCUT2D eigenvalue weighted by Gasteiger charge is -2.17. The Bertz CT molecular complexity index is 877. The third-order valence-electron chi connectivity index (χ3n) is 3.91. The van der Waals surface area contributed by atoms with Crippen LogP contribution >= 0.6 is 11.6 Å². The number of imidazole rings is 1. The van der Waals surface area contributed by atoms with Gasteiger partial charge in [-0.15, -0.1) is 0 Å². The second kappa shape index (κ2) is 7.21. The van der Waals surface area contributed by atoms with Crippen LogP contribution in [-0.4, -0.2) is 82.9 Å². The highest BCUT2D eigenvalue weighted by Crippen LogP contribution is 2.32. The standard InChI is InChI=1S/C13H14ClN5O8/c14-13-17-8(15)4-9(18-13)19(2-16-4)10-6(21)5(20)3(27-10)1-26-7(11(22)23)12(24)25/h2-3,5-7,10,20-21H,1H2,(H,22,23)(H,24,25)(H2,15,17,18). The molecule has 1 aliphatic heterocycles. The number of ether oxygens (including phenoxy) is 2. The van der Waals surface area contributed by atoms with Crippen molar-refractivity contribution in [3.63, 3.8) is 0 Å². The van der Waals surface area contributed by atoms with Gasteiger partial charge in [-0.25, -0.2) is 14.6 Å². The van der Waals surface area contributed by atoms with Crippen LogP contribution in [0.3, 0.4) is 0 Å². The van der Waals surface area contributed by atoms with Gasteiger partial charge in [0.1, 0.15) is 23.8 Å². The zero-order chi connectivity index (χ0) is 19.9. The number of halogens is 1. The number of fused-ring (bicyclic) bond motifs is 1. The van der Waals surface area contributed by atoms with Crippen LogP contribution in [0.25, 0.3) is 11.2 Å². The zero-order valence-corrected chi connectivity index (χ0v) is 14.1. The van der Waals surface area contributed by atoms with Crippen molar-refractivity contribution < 1.29 is 39.5 Å². The molecule has 13 nitrogen and oxygen atoms in total. The number of aliphatic hydroxyl groups excluding tert-OH is 2. The van der Waals surface area contributed by atoms with E-state index in [1.165, 1.54) is 10.9 Å². The van der Waals surface area contributed by atoms with Gasteiger partial charge in [0.15, 0.2) is 17.7 Å². The van der Waals surface area contributed by atoms with Crippen LogP contribution in [0.15, 0.2) is 6.33 Å². The number of aromatic nitrogens is 4. The van der Waals surface area contributed by atoms with E-state index in [0.717, 1.165) is 0 Å². The lowest BCUT2D eigenvalue weighted by Crippen LogP contribution is -2.39. The summed E-state index contributed by atoms with van der Waals surface area (Å²) in [6, 6.07) is 0. The van der Waals surface area contributed by atoms with E-state index >= 15 is 0 Å². The van der Waals surface area contributed by atoms with Gasteiger partial charge < -0.3 is 35.6 Å². The minimum Gasteiger partial charge on any atom is -0.479 e. The first kappa shape index (κ1) is 19.2. The average Bonchev–Trinajstić information content (AvgIpc) is 3.10. The van der Waals surface area contributed by atoms with E-state index in [2.05, 4.69) is 15.0 Å². The van der Waals surface area contributed by atoms with Crippen LogP contribution in [0.2, 0.25) is 5.28 Å². The normalized spacial score (nSPS) is 25.3. The molecule has 4 unspecified atom stereocenters. The number of hydrogen-bond acceptors (Lipinski definition) is 10. The number of nitrogens with zero attached hydrogens (tertiary/aromatic N) is 4. The summed E-state index contributed by atoms with van der Waals surface area (Å²) in [6.07, 6.45) is -6.26. The fraction of sp³-hybridized carbons (Fsp3) is 0.462. The average molecular weight is 404 g/mol. The maximum absolute atomic E-state index is 10.8. The minimum atomic E-state index is -2.14. The van der Waals surface area contributed by atoms with Crippen molar-refractivity contribution in [1.29, 1.82) is 0 Å². The summed E-state index contributed by atoms with van der Waals surface area (Å²) >= 11 is 5.77. The summed E-state index contributed by atoms with van der Waals surface area (Å²) in [5.41, 5.74) is 6.03. The van der Waals surface area contributed by atoms with Gasteiger partial charge in [0.2, 0.25) is 5.28 Å².